The Balaban J connectivity index is 1.32. The number of hydrogen-bond acceptors (Lipinski definition) is 9. The van der Waals surface area contributed by atoms with Crippen molar-refractivity contribution in [3.63, 3.8) is 0 Å². The molecular formula is C49H82O7S3Si2. The van der Waals surface area contributed by atoms with Gasteiger partial charge in [0.25, 0.3) is 0 Å². The lowest BCUT2D eigenvalue weighted by molar-refractivity contribution is -0.0691. The predicted molar refractivity (Wildman–Crippen MR) is 265 cm³/mol. The van der Waals surface area contributed by atoms with Gasteiger partial charge in [0.1, 0.15) is 0 Å². The zero-order valence-corrected chi connectivity index (χ0v) is 44.4. The number of thioether (sulfide) groups is 2. The lowest BCUT2D eigenvalue weighted by Crippen LogP contribution is -2.48. The highest BCUT2D eigenvalue weighted by Crippen LogP contribution is 2.43. The summed E-state index contributed by atoms with van der Waals surface area (Å²) in [5.41, 5.74) is 4.17. The van der Waals surface area contributed by atoms with E-state index in [-0.39, 0.29) is 52.6 Å². The topological polar surface area (TPSA) is 80.3 Å². The van der Waals surface area contributed by atoms with Crippen molar-refractivity contribution in [1.29, 1.82) is 0 Å². The maximum Gasteiger partial charge on any atom is 0.199 e. The number of benzene rings is 1. The fraction of sp³-hybridized carbons (Fsp3) is 0.755. The SMILES string of the molecule is C=C1C[C@H](CCC2SCCCS2)O[C@H]1CC[C@H]1CC(C)C(=C)[C@@H](C[C@@H]2O[C@H](CC(CO[Si](C)(C)C(C)(C)C)O[Si](C)(C)C(C)(C)C)C/C2=C\S(=O)(=O)c2ccc(CC)cc2)O1. The molecule has 0 N–H and O–H groups in total. The second-order valence-corrected chi connectivity index (χ2v) is 35.8. The van der Waals surface area contributed by atoms with Crippen molar-refractivity contribution in [2.45, 2.75) is 214 Å². The fourth-order valence-corrected chi connectivity index (χ4v) is 15.0. The molecule has 0 aromatic heterocycles. The van der Waals surface area contributed by atoms with E-state index in [2.05, 4.69) is 118 Å². The molecule has 4 aliphatic heterocycles. The van der Waals surface area contributed by atoms with E-state index in [1.165, 1.54) is 35.3 Å². The Hall–Kier alpha value is -0.676. The summed E-state index contributed by atoms with van der Waals surface area (Å²) in [4.78, 5) is 0.304. The molecule has 1 aromatic carbocycles. The average Bonchev–Trinajstić information content (AvgIpc) is 3.73. The van der Waals surface area contributed by atoms with Crippen molar-refractivity contribution in [3.8, 4) is 0 Å². The van der Waals surface area contributed by atoms with E-state index in [0.717, 1.165) is 55.2 Å². The van der Waals surface area contributed by atoms with Crippen LogP contribution in [0.5, 0.6) is 0 Å². The third-order valence-electron chi connectivity index (χ3n) is 14.6. The third-order valence-corrected chi connectivity index (χ3v) is 28.2. The van der Waals surface area contributed by atoms with E-state index in [1.807, 2.05) is 12.1 Å². The maximum absolute atomic E-state index is 14.1. The lowest BCUT2D eigenvalue weighted by atomic mass is 9.84. The van der Waals surface area contributed by atoms with Crippen LogP contribution in [0.15, 0.2) is 64.4 Å². The number of sulfone groups is 1. The van der Waals surface area contributed by atoms with Gasteiger partial charge >= 0.3 is 0 Å². The molecule has 0 bridgehead atoms. The lowest BCUT2D eigenvalue weighted by Gasteiger charge is -2.42. The Kier molecular flexibility index (Phi) is 17.9. The summed E-state index contributed by atoms with van der Waals surface area (Å²) in [6.45, 7) is 36.5. The zero-order valence-electron chi connectivity index (χ0n) is 40.0. The fourth-order valence-electron chi connectivity index (χ4n) is 8.40. The molecule has 1 aromatic rings. The standard InChI is InChI=1S/C49H82O7S3Si2/c1-15-37-17-21-43(22-18-37)59(50,51)33-38-29-41(30-42(56-61(13,14)49(8,9)10)32-52-60(11,12)48(5,6)7)55-46(38)31-45-36(4)34(2)27-39(54-45)19-23-44-35(3)28-40(53-44)20-24-47-57-25-16-26-58-47/h17-18,21-22,33-34,39-42,44-47H,3-4,15-16,19-20,23-32H2,1-2,5-14H3/b38-33+/t34?,39-,40-,41-,42?,44-,45+,46-/m0/s1. The number of aryl methyl sites for hydroxylation is 1. The average molecular weight is 936 g/mol. The molecule has 0 radical (unpaired) electrons. The van der Waals surface area contributed by atoms with Gasteiger partial charge in [-0.25, -0.2) is 8.42 Å². The van der Waals surface area contributed by atoms with Crippen LogP contribution < -0.4 is 0 Å². The highest BCUT2D eigenvalue weighted by molar-refractivity contribution is 8.17. The molecule has 12 heteroatoms. The van der Waals surface area contributed by atoms with Gasteiger partial charge in [0, 0.05) is 18.2 Å². The van der Waals surface area contributed by atoms with E-state index < -0.39 is 32.6 Å². The van der Waals surface area contributed by atoms with E-state index in [9.17, 15) is 8.42 Å². The first-order valence-electron chi connectivity index (χ1n) is 23.3. The first-order chi connectivity index (χ1) is 28.4. The van der Waals surface area contributed by atoms with Gasteiger partial charge in [0.05, 0.1) is 58.8 Å². The van der Waals surface area contributed by atoms with Crippen LogP contribution in [0, 0.1) is 5.92 Å². The molecule has 0 saturated carbocycles. The molecule has 5 rings (SSSR count). The quantitative estimate of drug-likeness (QED) is 0.106. The molecule has 0 spiro atoms. The smallest absolute Gasteiger partial charge is 0.199 e. The van der Waals surface area contributed by atoms with Crippen LogP contribution in [-0.2, 0) is 39.3 Å². The first-order valence-corrected chi connectivity index (χ1v) is 32.8. The minimum atomic E-state index is -3.74. The van der Waals surface area contributed by atoms with Crippen molar-refractivity contribution in [1.82, 2.24) is 0 Å². The summed E-state index contributed by atoms with van der Waals surface area (Å²) >= 11 is 4.22. The van der Waals surface area contributed by atoms with Gasteiger partial charge < -0.3 is 23.1 Å². The molecule has 4 aliphatic rings. The zero-order chi connectivity index (χ0) is 45.0. The molecule has 4 saturated heterocycles. The molecule has 0 amide bonds. The van der Waals surface area contributed by atoms with Crippen LogP contribution in [0.4, 0.5) is 0 Å². The normalized spacial score (nSPS) is 28.9. The summed E-state index contributed by atoms with van der Waals surface area (Å²) in [6.07, 6.45) is 9.08. The number of hydrogen-bond donors (Lipinski definition) is 0. The summed E-state index contributed by atoms with van der Waals surface area (Å²) in [5, 5.41) is 1.57. The first kappa shape index (κ1) is 51.3. The number of ether oxygens (including phenoxy) is 3. The molecule has 346 valence electrons. The maximum atomic E-state index is 14.1. The molecular weight excluding hydrogens is 853 g/mol. The van der Waals surface area contributed by atoms with Crippen LogP contribution in [0.2, 0.25) is 36.3 Å². The van der Waals surface area contributed by atoms with Gasteiger partial charge in [-0.2, -0.15) is 0 Å². The summed E-state index contributed by atoms with van der Waals surface area (Å²) in [6, 6.07) is 7.27. The van der Waals surface area contributed by atoms with Crippen molar-refractivity contribution in [2.24, 2.45) is 5.92 Å². The number of rotatable bonds is 18. The Morgan fingerprint density at radius 1 is 0.820 bits per heavy atom. The van der Waals surface area contributed by atoms with Gasteiger partial charge in [0.2, 0.25) is 0 Å². The molecule has 0 aliphatic carbocycles. The van der Waals surface area contributed by atoms with Gasteiger partial charge in [-0.1, -0.05) is 80.7 Å². The molecule has 4 fully saturated rings. The van der Waals surface area contributed by atoms with E-state index in [4.69, 9.17) is 23.1 Å². The highest BCUT2D eigenvalue weighted by Gasteiger charge is 2.44. The Morgan fingerprint density at radius 2 is 1.43 bits per heavy atom. The monoisotopic (exact) mass is 934 g/mol. The van der Waals surface area contributed by atoms with Crippen LogP contribution >= 0.6 is 23.5 Å². The molecule has 4 heterocycles. The Morgan fingerprint density at radius 3 is 2.05 bits per heavy atom. The van der Waals surface area contributed by atoms with Crippen LogP contribution in [-0.4, -0.2) is 90.5 Å². The molecule has 61 heavy (non-hydrogen) atoms. The van der Waals surface area contributed by atoms with E-state index in [0.29, 0.717) is 35.3 Å². The van der Waals surface area contributed by atoms with Crippen molar-refractivity contribution in [2.75, 3.05) is 18.1 Å². The van der Waals surface area contributed by atoms with Gasteiger partial charge in [0.15, 0.2) is 26.5 Å². The largest absolute Gasteiger partial charge is 0.414 e. The molecule has 7 nitrogen and oxygen atoms in total. The highest BCUT2D eigenvalue weighted by atomic mass is 32.2. The predicted octanol–water partition coefficient (Wildman–Crippen LogP) is 13.1. The molecule has 8 atom stereocenters. The van der Waals surface area contributed by atoms with Crippen LogP contribution in [0.1, 0.15) is 125 Å². The molecule has 2 unspecified atom stereocenters. The minimum absolute atomic E-state index is 0.0194. The van der Waals surface area contributed by atoms with E-state index in [1.54, 1.807) is 12.1 Å². The minimum Gasteiger partial charge on any atom is -0.414 e. The van der Waals surface area contributed by atoms with Crippen LogP contribution in [0.25, 0.3) is 0 Å². The summed E-state index contributed by atoms with van der Waals surface area (Å²) < 4.78 is 63.3. The third kappa shape index (κ3) is 14.2. The van der Waals surface area contributed by atoms with Crippen molar-refractivity contribution >= 4 is 50.0 Å². The summed E-state index contributed by atoms with van der Waals surface area (Å²) in [7, 11) is -7.99. The van der Waals surface area contributed by atoms with Gasteiger partial charge in [-0.15, -0.1) is 23.5 Å². The van der Waals surface area contributed by atoms with Gasteiger partial charge in [-0.3, -0.25) is 0 Å². The van der Waals surface area contributed by atoms with E-state index >= 15 is 0 Å². The van der Waals surface area contributed by atoms with Crippen molar-refractivity contribution < 1.29 is 31.5 Å². The second-order valence-electron chi connectivity index (χ2n) is 21.5. The summed E-state index contributed by atoms with van der Waals surface area (Å²) in [5.74, 6) is 2.84. The van der Waals surface area contributed by atoms with Crippen LogP contribution in [0.3, 0.4) is 0 Å². The Bertz CT molecular complexity index is 1760. The second kappa shape index (κ2) is 21.3. The van der Waals surface area contributed by atoms with Crippen molar-refractivity contribution in [3.05, 3.63) is 65.1 Å². The van der Waals surface area contributed by atoms with Gasteiger partial charge in [-0.05, 0) is 146 Å². The Labute approximate surface area is 382 Å².